The Kier molecular flexibility index (Phi) is 8.30. The SMILES string of the molecule is Cc1cc(C)c(-c2cc(-c3c(Nc4ccc(-c5ccccc5)cc4)ccc4ccccc34)c3c(c2)N2c4ccccc4C4(c5ccccc5-c5ccccc54)c4cccc(c42)B3)c(C)c1. The highest BCUT2D eigenvalue weighted by Crippen LogP contribution is 2.63. The molecule has 0 saturated carbocycles. The summed E-state index contributed by atoms with van der Waals surface area (Å²) < 4.78 is 0. The van der Waals surface area contributed by atoms with Crippen LogP contribution in [0.1, 0.15) is 38.9 Å². The molecule has 2 aliphatic heterocycles. The monoisotopic (exact) mass is 828 g/mol. The van der Waals surface area contributed by atoms with Gasteiger partial charge in [-0.25, -0.2) is 0 Å². The maximum absolute atomic E-state index is 3.96. The molecular formula is C62H45BN2. The molecule has 1 N–H and O–H groups in total. The van der Waals surface area contributed by atoms with Crippen LogP contribution in [-0.2, 0) is 5.41 Å². The average Bonchev–Trinajstić information content (AvgIpc) is 3.63. The minimum atomic E-state index is -0.462. The maximum atomic E-state index is 3.96. The number of hydrogen-bond donors (Lipinski definition) is 1. The molecule has 3 heteroatoms. The second kappa shape index (κ2) is 14.3. The lowest BCUT2D eigenvalue weighted by Gasteiger charge is -2.48. The van der Waals surface area contributed by atoms with E-state index in [0.29, 0.717) is 0 Å². The summed E-state index contributed by atoms with van der Waals surface area (Å²) in [6, 6.07) is 77.2. The fraction of sp³-hybridized carbons (Fsp3) is 0.0645. The highest BCUT2D eigenvalue weighted by molar-refractivity contribution is 6.73. The number of fused-ring (bicyclic) bond motifs is 12. The Labute approximate surface area is 381 Å². The zero-order valence-corrected chi connectivity index (χ0v) is 36.8. The Morgan fingerprint density at radius 1 is 0.446 bits per heavy atom. The first kappa shape index (κ1) is 37.7. The van der Waals surface area contributed by atoms with E-state index in [9.17, 15) is 0 Å². The van der Waals surface area contributed by atoms with Crippen LogP contribution in [0.3, 0.4) is 0 Å². The van der Waals surface area contributed by atoms with Crippen molar-refractivity contribution in [3.05, 3.63) is 245 Å². The van der Waals surface area contributed by atoms with E-state index in [0.717, 1.165) is 18.7 Å². The molecule has 0 radical (unpaired) electrons. The Bertz CT molecular complexity index is 3520. The van der Waals surface area contributed by atoms with Crippen molar-refractivity contribution in [2.75, 3.05) is 10.2 Å². The van der Waals surface area contributed by atoms with Crippen LogP contribution >= 0.6 is 0 Å². The van der Waals surface area contributed by atoms with Crippen molar-refractivity contribution >= 4 is 57.4 Å². The maximum Gasteiger partial charge on any atom is 0.198 e. The van der Waals surface area contributed by atoms with Gasteiger partial charge in [0.1, 0.15) is 0 Å². The van der Waals surface area contributed by atoms with Gasteiger partial charge in [0.25, 0.3) is 0 Å². The van der Waals surface area contributed by atoms with Gasteiger partial charge in [-0.2, -0.15) is 0 Å². The van der Waals surface area contributed by atoms with Crippen molar-refractivity contribution < 1.29 is 0 Å². The summed E-state index contributed by atoms with van der Waals surface area (Å²) in [5.41, 5.74) is 27.4. The predicted octanol–water partition coefficient (Wildman–Crippen LogP) is 14.4. The summed E-state index contributed by atoms with van der Waals surface area (Å²) >= 11 is 0. The van der Waals surface area contributed by atoms with Crippen molar-refractivity contribution in [3.63, 3.8) is 0 Å². The molecule has 0 unspecified atom stereocenters. The van der Waals surface area contributed by atoms with E-state index < -0.39 is 5.41 Å². The molecule has 65 heavy (non-hydrogen) atoms. The van der Waals surface area contributed by atoms with Crippen LogP contribution in [0.5, 0.6) is 0 Å². The summed E-state index contributed by atoms with van der Waals surface area (Å²) in [5.74, 6) is 0. The van der Waals surface area contributed by atoms with Crippen LogP contribution in [0.2, 0.25) is 0 Å². The molecule has 2 heterocycles. The minimum Gasteiger partial charge on any atom is -0.355 e. The van der Waals surface area contributed by atoms with Crippen molar-refractivity contribution in [1.82, 2.24) is 0 Å². The molecule has 13 rings (SSSR count). The van der Waals surface area contributed by atoms with Gasteiger partial charge in [0.15, 0.2) is 7.28 Å². The van der Waals surface area contributed by atoms with Gasteiger partial charge >= 0.3 is 0 Å². The zero-order valence-electron chi connectivity index (χ0n) is 36.8. The summed E-state index contributed by atoms with van der Waals surface area (Å²) in [7, 11) is 0.798. The first-order valence-electron chi connectivity index (χ1n) is 22.9. The van der Waals surface area contributed by atoms with Gasteiger partial charge in [0.05, 0.1) is 11.1 Å². The number of para-hydroxylation sites is 2. The number of nitrogens with zero attached hydrogens (tertiary/aromatic N) is 1. The van der Waals surface area contributed by atoms with E-state index in [1.165, 1.54) is 122 Å². The molecule has 10 aromatic rings. The van der Waals surface area contributed by atoms with Gasteiger partial charge in [-0.15, -0.1) is 0 Å². The van der Waals surface area contributed by atoms with Gasteiger partial charge in [-0.05, 0) is 146 Å². The lowest BCUT2D eigenvalue weighted by molar-refractivity contribution is 0.754. The van der Waals surface area contributed by atoms with Crippen molar-refractivity contribution in [3.8, 4) is 44.5 Å². The van der Waals surface area contributed by atoms with Gasteiger partial charge < -0.3 is 10.2 Å². The van der Waals surface area contributed by atoms with Gasteiger partial charge in [0.2, 0.25) is 0 Å². The van der Waals surface area contributed by atoms with Gasteiger partial charge in [-0.3, -0.25) is 0 Å². The van der Waals surface area contributed by atoms with Crippen molar-refractivity contribution in [1.29, 1.82) is 0 Å². The number of benzene rings is 10. The standard InChI is InChI=1S/C62H45BN2/c1-38-34-39(2)58(40(3)35-38)44-36-49(59-46-19-8-7-18-43(46)30-33-55(59)64-45-31-28-42(29-32-45)41-16-5-4-6-17-41)60-57(37-44)65-56-27-14-13-24-52(56)62(53-25-15-26-54(63-60)61(53)65)50-22-11-9-20-47(50)48-21-10-12-23-51(48)62/h4-37,63-64H,1-3H3. The van der Waals surface area contributed by atoms with E-state index in [1.54, 1.807) is 0 Å². The molecule has 0 aromatic heterocycles. The molecule has 10 aromatic carbocycles. The Morgan fingerprint density at radius 3 is 1.83 bits per heavy atom. The molecule has 0 saturated heterocycles. The second-order valence-corrected chi connectivity index (χ2v) is 18.3. The minimum absolute atomic E-state index is 0.462. The third-order valence-electron chi connectivity index (χ3n) is 14.5. The average molecular weight is 829 g/mol. The predicted molar refractivity (Wildman–Crippen MR) is 276 cm³/mol. The first-order chi connectivity index (χ1) is 32.0. The Morgan fingerprint density at radius 2 is 1.08 bits per heavy atom. The molecule has 0 amide bonds. The van der Waals surface area contributed by atoms with Crippen LogP contribution in [0.25, 0.3) is 55.3 Å². The Balaban J connectivity index is 1.09. The fourth-order valence-corrected chi connectivity index (χ4v) is 12.1. The summed E-state index contributed by atoms with van der Waals surface area (Å²) in [5, 5.41) is 6.40. The molecule has 1 aliphatic carbocycles. The molecule has 0 atom stereocenters. The van der Waals surface area contributed by atoms with E-state index >= 15 is 0 Å². The quantitative estimate of drug-likeness (QED) is 0.174. The number of aryl methyl sites for hydroxylation is 3. The van der Waals surface area contributed by atoms with E-state index in [4.69, 9.17) is 0 Å². The van der Waals surface area contributed by atoms with E-state index in [1.807, 2.05) is 0 Å². The summed E-state index contributed by atoms with van der Waals surface area (Å²) in [6.07, 6.45) is 0. The van der Waals surface area contributed by atoms with Crippen LogP contribution in [-0.4, -0.2) is 7.28 Å². The lowest BCUT2D eigenvalue weighted by atomic mass is 9.54. The molecule has 0 bridgehead atoms. The number of anilines is 5. The second-order valence-electron chi connectivity index (χ2n) is 18.3. The van der Waals surface area contributed by atoms with Crippen LogP contribution in [0.15, 0.2) is 206 Å². The van der Waals surface area contributed by atoms with E-state index in [2.05, 4.69) is 237 Å². The van der Waals surface area contributed by atoms with Crippen molar-refractivity contribution in [2.24, 2.45) is 0 Å². The normalized spacial score (nSPS) is 13.4. The number of nitrogens with one attached hydrogen (secondary N) is 1. The smallest absolute Gasteiger partial charge is 0.198 e. The third-order valence-corrected chi connectivity index (χ3v) is 14.5. The number of rotatable bonds is 5. The zero-order chi connectivity index (χ0) is 43.4. The largest absolute Gasteiger partial charge is 0.355 e. The molecule has 306 valence electrons. The lowest BCUT2D eigenvalue weighted by Crippen LogP contribution is -2.47. The topological polar surface area (TPSA) is 15.3 Å². The number of hydrogen-bond acceptors (Lipinski definition) is 2. The Hall–Kier alpha value is -7.88. The fourth-order valence-electron chi connectivity index (χ4n) is 12.1. The van der Waals surface area contributed by atoms with Gasteiger partial charge in [0, 0.05) is 28.3 Å². The molecule has 1 spiro atoms. The first-order valence-corrected chi connectivity index (χ1v) is 22.9. The summed E-state index contributed by atoms with van der Waals surface area (Å²) in [6.45, 7) is 6.77. The molecule has 2 nitrogen and oxygen atoms in total. The van der Waals surface area contributed by atoms with Crippen LogP contribution < -0.4 is 21.1 Å². The third kappa shape index (κ3) is 5.49. The highest BCUT2D eigenvalue weighted by atomic mass is 15.2. The molecular weight excluding hydrogens is 784 g/mol. The highest BCUT2D eigenvalue weighted by Gasteiger charge is 2.53. The van der Waals surface area contributed by atoms with E-state index in [-0.39, 0.29) is 0 Å². The van der Waals surface area contributed by atoms with Crippen molar-refractivity contribution in [2.45, 2.75) is 26.2 Å². The molecule has 0 fully saturated rings. The van der Waals surface area contributed by atoms with Crippen LogP contribution in [0.4, 0.5) is 28.4 Å². The summed E-state index contributed by atoms with van der Waals surface area (Å²) in [4.78, 5) is 2.64. The molecule has 3 aliphatic rings. The van der Waals surface area contributed by atoms with Gasteiger partial charge in [-0.1, -0.05) is 181 Å². The van der Waals surface area contributed by atoms with Crippen LogP contribution in [0, 0.1) is 20.8 Å².